The molecular weight excluding hydrogens is 210 g/mol. The minimum Gasteiger partial charge on any atom is -0.312 e. The summed E-state index contributed by atoms with van der Waals surface area (Å²) in [5, 5.41) is 10.6. The fourth-order valence-corrected chi connectivity index (χ4v) is 2.71. The SMILES string of the molecule is Cc1[nH]ncc1CNCC1CCCCCCC1. The first-order valence-electron chi connectivity index (χ1n) is 7.06. The van der Waals surface area contributed by atoms with Crippen LogP contribution < -0.4 is 5.32 Å². The van der Waals surface area contributed by atoms with Crippen molar-refractivity contribution < 1.29 is 0 Å². The van der Waals surface area contributed by atoms with Crippen molar-refractivity contribution in [2.24, 2.45) is 5.92 Å². The Bertz CT molecular complexity index is 311. The van der Waals surface area contributed by atoms with Crippen molar-refractivity contribution in [1.82, 2.24) is 15.5 Å². The van der Waals surface area contributed by atoms with Crippen LogP contribution in [0.5, 0.6) is 0 Å². The number of hydrogen-bond donors (Lipinski definition) is 2. The standard InChI is InChI=1S/C14H25N3/c1-12-14(11-16-17-12)10-15-9-13-7-5-3-2-4-6-8-13/h11,13,15H,2-10H2,1H3,(H,16,17). The lowest BCUT2D eigenvalue weighted by Gasteiger charge is -2.19. The summed E-state index contributed by atoms with van der Waals surface area (Å²) >= 11 is 0. The number of aromatic amines is 1. The van der Waals surface area contributed by atoms with E-state index in [1.807, 2.05) is 6.20 Å². The summed E-state index contributed by atoms with van der Waals surface area (Å²) in [6.07, 6.45) is 12.0. The second-order valence-corrected chi connectivity index (χ2v) is 5.36. The molecule has 0 bridgehead atoms. The highest BCUT2D eigenvalue weighted by atomic mass is 15.1. The van der Waals surface area contributed by atoms with Gasteiger partial charge in [-0.05, 0) is 32.2 Å². The first-order chi connectivity index (χ1) is 8.36. The van der Waals surface area contributed by atoms with Crippen molar-refractivity contribution in [2.45, 2.75) is 58.4 Å². The Morgan fingerprint density at radius 1 is 1.24 bits per heavy atom. The minimum absolute atomic E-state index is 0.891. The first-order valence-corrected chi connectivity index (χ1v) is 7.06. The fourth-order valence-electron chi connectivity index (χ4n) is 2.71. The van der Waals surface area contributed by atoms with Gasteiger partial charge in [0.05, 0.1) is 6.20 Å². The maximum absolute atomic E-state index is 4.05. The fraction of sp³-hybridized carbons (Fsp3) is 0.786. The van der Waals surface area contributed by atoms with Crippen LogP contribution in [-0.4, -0.2) is 16.7 Å². The molecule has 1 fully saturated rings. The van der Waals surface area contributed by atoms with Crippen LogP contribution in [0.3, 0.4) is 0 Å². The molecule has 3 nitrogen and oxygen atoms in total. The molecule has 0 spiro atoms. The number of hydrogen-bond acceptors (Lipinski definition) is 2. The topological polar surface area (TPSA) is 40.7 Å². The quantitative estimate of drug-likeness (QED) is 0.841. The predicted octanol–water partition coefficient (Wildman–Crippen LogP) is 3.17. The number of nitrogens with one attached hydrogen (secondary N) is 2. The van der Waals surface area contributed by atoms with Crippen LogP contribution in [0.2, 0.25) is 0 Å². The van der Waals surface area contributed by atoms with E-state index in [1.54, 1.807) is 0 Å². The van der Waals surface area contributed by atoms with E-state index < -0.39 is 0 Å². The highest BCUT2D eigenvalue weighted by molar-refractivity contribution is 5.13. The molecule has 1 aliphatic carbocycles. The molecule has 0 atom stereocenters. The van der Waals surface area contributed by atoms with Gasteiger partial charge in [0, 0.05) is 17.8 Å². The summed E-state index contributed by atoms with van der Waals surface area (Å²) in [7, 11) is 0. The third-order valence-electron chi connectivity index (χ3n) is 3.91. The largest absolute Gasteiger partial charge is 0.312 e. The van der Waals surface area contributed by atoms with Gasteiger partial charge in [0.1, 0.15) is 0 Å². The Balaban J connectivity index is 1.68. The molecule has 0 aromatic carbocycles. The second-order valence-electron chi connectivity index (χ2n) is 5.36. The van der Waals surface area contributed by atoms with Crippen LogP contribution in [0.4, 0.5) is 0 Å². The van der Waals surface area contributed by atoms with Crippen LogP contribution in [0, 0.1) is 12.8 Å². The number of aromatic nitrogens is 2. The van der Waals surface area contributed by atoms with Crippen molar-refractivity contribution in [1.29, 1.82) is 0 Å². The van der Waals surface area contributed by atoms with Gasteiger partial charge in [0.15, 0.2) is 0 Å². The molecule has 1 heterocycles. The molecule has 1 aliphatic rings. The highest BCUT2D eigenvalue weighted by Gasteiger charge is 2.11. The van der Waals surface area contributed by atoms with Gasteiger partial charge in [0.2, 0.25) is 0 Å². The van der Waals surface area contributed by atoms with Crippen molar-refractivity contribution in [3.8, 4) is 0 Å². The van der Waals surface area contributed by atoms with Gasteiger partial charge in [-0.25, -0.2) is 0 Å². The zero-order chi connectivity index (χ0) is 11.9. The van der Waals surface area contributed by atoms with E-state index in [0.29, 0.717) is 0 Å². The van der Waals surface area contributed by atoms with Crippen molar-refractivity contribution in [3.05, 3.63) is 17.5 Å². The van der Waals surface area contributed by atoms with E-state index >= 15 is 0 Å². The van der Waals surface area contributed by atoms with Crippen LogP contribution in [0.15, 0.2) is 6.20 Å². The molecule has 1 aromatic rings. The summed E-state index contributed by atoms with van der Waals surface area (Å²) in [5.74, 6) is 0.891. The lowest BCUT2D eigenvalue weighted by Crippen LogP contribution is -2.23. The van der Waals surface area contributed by atoms with Crippen LogP contribution in [0.25, 0.3) is 0 Å². The number of aryl methyl sites for hydroxylation is 1. The molecule has 2 rings (SSSR count). The first kappa shape index (κ1) is 12.6. The normalized spacial score (nSPS) is 18.9. The van der Waals surface area contributed by atoms with E-state index in [9.17, 15) is 0 Å². The average Bonchev–Trinajstić information content (AvgIpc) is 2.67. The Morgan fingerprint density at radius 2 is 1.94 bits per heavy atom. The molecule has 0 unspecified atom stereocenters. The van der Waals surface area contributed by atoms with Crippen LogP contribution >= 0.6 is 0 Å². The number of nitrogens with zero attached hydrogens (tertiary/aromatic N) is 1. The van der Waals surface area contributed by atoms with Crippen LogP contribution in [0.1, 0.15) is 56.2 Å². The lowest BCUT2D eigenvalue weighted by molar-refractivity contribution is 0.360. The molecule has 17 heavy (non-hydrogen) atoms. The number of rotatable bonds is 4. The molecule has 0 amide bonds. The third kappa shape index (κ3) is 4.15. The van der Waals surface area contributed by atoms with Gasteiger partial charge >= 0.3 is 0 Å². The Morgan fingerprint density at radius 3 is 2.59 bits per heavy atom. The minimum atomic E-state index is 0.891. The highest BCUT2D eigenvalue weighted by Crippen LogP contribution is 2.21. The Labute approximate surface area is 104 Å². The van der Waals surface area contributed by atoms with Gasteiger partial charge in [-0.15, -0.1) is 0 Å². The summed E-state index contributed by atoms with van der Waals surface area (Å²) in [5.41, 5.74) is 2.49. The van der Waals surface area contributed by atoms with E-state index in [1.165, 1.54) is 62.7 Å². The maximum atomic E-state index is 4.05. The molecule has 0 saturated heterocycles. The summed E-state index contributed by atoms with van der Waals surface area (Å²) in [6, 6.07) is 0. The van der Waals surface area contributed by atoms with Crippen LogP contribution in [-0.2, 0) is 6.54 Å². The molecule has 1 aromatic heterocycles. The Kier molecular flexibility index (Phi) is 5.05. The van der Waals surface area contributed by atoms with Gasteiger partial charge in [0.25, 0.3) is 0 Å². The third-order valence-corrected chi connectivity index (χ3v) is 3.91. The summed E-state index contributed by atoms with van der Waals surface area (Å²) in [4.78, 5) is 0. The molecule has 0 aliphatic heterocycles. The van der Waals surface area contributed by atoms with E-state index in [4.69, 9.17) is 0 Å². The lowest BCUT2D eigenvalue weighted by atomic mass is 9.91. The predicted molar refractivity (Wildman–Crippen MR) is 70.8 cm³/mol. The summed E-state index contributed by atoms with van der Waals surface area (Å²) in [6.45, 7) is 4.21. The zero-order valence-electron chi connectivity index (χ0n) is 11.0. The van der Waals surface area contributed by atoms with E-state index in [0.717, 1.165) is 12.5 Å². The van der Waals surface area contributed by atoms with Gasteiger partial charge < -0.3 is 5.32 Å². The monoisotopic (exact) mass is 235 g/mol. The maximum Gasteiger partial charge on any atom is 0.0535 e. The second kappa shape index (κ2) is 6.80. The van der Waals surface area contributed by atoms with Gasteiger partial charge in [-0.1, -0.05) is 32.1 Å². The van der Waals surface area contributed by atoms with Gasteiger partial charge in [-0.2, -0.15) is 5.10 Å². The molecular formula is C14H25N3. The van der Waals surface area contributed by atoms with Crippen molar-refractivity contribution in [2.75, 3.05) is 6.54 Å². The molecule has 0 radical (unpaired) electrons. The van der Waals surface area contributed by atoms with Crippen molar-refractivity contribution in [3.63, 3.8) is 0 Å². The smallest absolute Gasteiger partial charge is 0.0535 e. The molecule has 96 valence electrons. The molecule has 3 heteroatoms. The molecule has 2 N–H and O–H groups in total. The van der Waals surface area contributed by atoms with Gasteiger partial charge in [-0.3, -0.25) is 5.10 Å². The number of H-pyrrole nitrogens is 1. The Hall–Kier alpha value is -0.830. The zero-order valence-corrected chi connectivity index (χ0v) is 11.0. The van der Waals surface area contributed by atoms with Crippen molar-refractivity contribution >= 4 is 0 Å². The van der Waals surface area contributed by atoms with E-state index in [2.05, 4.69) is 22.4 Å². The average molecular weight is 235 g/mol. The summed E-state index contributed by atoms with van der Waals surface area (Å²) < 4.78 is 0. The van der Waals surface area contributed by atoms with E-state index in [-0.39, 0.29) is 0 Å². The molecule has 1 saturated carbocycles.